The van der Waals surface area contributed by atoms with E-state index in [1.807, 2.05) is 48.5 Å². The van der Waals surface area contributed by atoms with Crippen molar-refractivity contribution in [2.24, 2.45) is 0 Å². The molecule has 0 aliphatic carbocycles. The highest BCUT2D eigenvalue weighted by molar-refractivity contribution is 7.98. The minimum atomic E-state index is 0.0963. The highest BCUT2D eigenvalue weighted by Gasteiger charge is 2.00. The van der Waals surface area contributed by atoms with Crippen LogP contribution in [0.5, 0.6) is 0 Å². The van der Waals surface area contributed by atoms with Crippen molar-refractivity contribution in [3.63, 3.8) is 0 Å². The molecule has 0 aliphatic heterocycles. The lowest BCUT2D eigenvalue weighted by molar-refractivity contribution is 0.282. The lowest BCUT2D eigenvalue weighted by Gasteiger charge is -2.05. The Morgan fingerprint density at radius 1 is 0.941 bits per heavy atom. The molecule has 17 heavy (non-hydrogen) atoms. The second kappa shape index (κ2) is 5.75. The summed E-state index contributed by atoms with van der Waals surface area (Å²) in [5, 5.41) is 8.95. The average molecular weight is 245 g/mol. The van der Waals surface area contributed by atoms with Crippen molar-refractivity contribution in [1.82, 2.24) is 0 Å². The Labute approximate surface area is 105 Å². The fourth-order valence-electron chi connectivity index (χ4n) is 1.51. The molecule has 2 rings (SSSR count). The Balaban J connectivity index is 2.00. The van der Waals surface area contributed by atoms with E-state index in [1.165, 1.54) is 5.56 Å². The van der Waals surface area contributed by atoms with Gasteiger partial charge in [0.1, 0.15) is 0 Å². The van der Waals surface area contributed by atoms with Crippen LogP contribution in [0.1, 0.15) is 11.1 Å². The number of thioether (sulfide) groups is 1. The Morgan fingerprint density at radius 3 is 2.24 bits per heavy atom. The van der Waals surface area contributed by atoms with Crippen molar-refractivity contribution in [3.8, 4) is 0 Å². The summed E-state index contributed by atoms with van der Waals surface area (Å²) in [5.74, 6) is 0.889. The third kappa shape index (κ3) is 3.25. The van der Waals surface area contributed by atoms with Gasteiger partial charge in [-0.2, -0.15) is 0 Å². The summed E-state index contributed by atoms with van der Waals surface area (Å²) in [5.41, 5.74) is 8.87. The highest BCUT2D eigenvalue weighted by Crippen LogP contribution is 2.27. The van der Waals surface area contributed by atoms with Gasteiger partial charge in [0.2, 0.25) is 0 Å². The van der Waals surface area contributed by atoms with Crippen LogP contribution >= 0.6 is 11.8 Å². The minimum absolute atomic E-state index is 0.0963. The summed E-state index contributed by atoms with van der Waals surface area (Å²) in [7, 11) is 0. The molecule has 0 atom stereocenters. The van der Waals surface area contributed by atoms with Gasteiger partial charge in [-0.05, 0) is 23.3 Å². The average Bonchev–Trinajstić information content (AvgIpc) is 2.38. The van der Waals surface area contributed by atoms with Crippen LogP contribution in [0, 0.1) is 0 Å². The zero-order valence-corrected chi connectivity index (χ0v) is 10.3. The molecule has 3 heteroatoms. The number of para-hydroxylation sites is 1. The first-order chi connectivity index (χ1) is 8.29. The summed E-state index contributed by atoms with van der Waals surface area (Å²) < 4.78 is 0. The van der Waals surface area contributed by atoms with Gasteiger partial charge in [-0.1, -0.05) is 36.4 Å². The summed E-state index contributed by atoms with van der Waals surface area (Å²) >= 11 is 1.73. The van der Waals surface area contributed by atoms with Gasteiger partial charge in [0.25, 0.3) is 0 Å². The van der Waals surface area contributed by atoms with Gasteiger partial charge >= 0.3 is 0 Å². The van der Waals surface area contributed by atoms with Crippen LogP contribution in [0.3, 0.4) is 0 Å². The van der Waals surface area contributed by atoms with Crippen molar-refractivity contribution in [2.45, 2.75) is 17.3 Å². The topological polar surface area (TPSA) is 46.2 Å². The molecule has 0 saturated carbocycles. The normalized spacial score (nSPS) is 10.4. The summed E-state index contributed by atoms with van der Waals surface area (Å²) in [4.78, 5) is 1.11. The first-order valence-corrected chi connectivity index (χ1v) is 6.44. The van der Waals surface area contributed by atoms with E-state index in [-0.39, 0.29) is 6.61 Å². The van der Waals surface area contributed by atoms with Crippen LogP contribution < -0.4 is 5.73 Å². The maximum atomic E-state index is 8.95. The molecule has 0 bridgehead atoms. The van der Waals surface area contributed by atoms with Crippen LogP contribution in [0.4, 0.5) is 5.69 Å². The standard InChI is InChI=1S/C14H15NOS/c15-13-3-1-2-4-14(13)17-10-12-7-5-11(9-16)6-8-12/h1-8,16H,9-10,15H2. The fourth-order valence-corrected chi connectivity index (χ4v) is 2.44. The minimum Gasteiger partial charge on any atom is -0.398 e. The fraction of sp³-hybridized carbons (Fsp3) is 0.143. The van der Waals surface area contributed by atoms with Gasteiger partial charge in [-0.15, -0.1) is 11.8 Å². The van der Waals surface area contributed by atoms with Crippen LogP contribution in [-0.4, -0.2) is 5.11 Å². The van der Waals surface area contributed by atoms with Crippen molar-refractivity contribution >= 4 is 17.4 Å². The Hall–Kier alpha value is -1.45. The van der Waals surface area contributed by atoms with Gasteiger partial charge in [-0.25, -0.2) is 0 Å². The lowest BCUT2D eigenvalue weighted by Crippen LogP contribution is -1.89. The number of nitrogens with two attached hydrogens (primary N) is 1. The van der Waals surface area contributed by atoms with Crippen molar-refractivity contribution in [1.29, 1.82) is 0 Å². The number of hydrogen-bond acceptors (Lipinski definition) is 3. The van der Waals surface area contributed by atoms with Gasteiger partial charge in [0.05, 0.1) is 6.61 Å². The summed E-state index contributed by atoms with van der Waals surface area (Å²) in [6.45, 7) is 0.0963. The molecule has 88 valence electrons. The van der Waals surface area contributed by atoms with E-state index in [2.05, 4.69) is 0 Å². The number of benzene rings is 2. The monoisotopic (exact) mass is 245 g/mol. The molecule has 0 amide bonds. The van der Waals surface area contributed by atoms with Gasteiger partial charge in [0, 0.05) is 16.3 Å². The van der Waals surface area contributed by atoms with E-state index in [0.717, 1.165) is 21.9 Å². The largest absolute Gasteiger partial charge is 0.398 e. The highest BCUT2D eigenvalue weighted by atomic mass is 32.2. The molecule has 0 spiro atoms. The molecule has 0 aromatic heterocycles. The van der Waals surface area contributed by atoms with E-state index >= 15 is 0 Å². The predicted octanol–water partition coefficient (Wildman–Crippen LogP) is 3.05. The van der Waals surface area contributed by atoms with Crippen molar-refractivity contribution in [3.05, 3.63) is 59.7 Å². The van der Waals surface area contributed by atoms with Crippen molar-refractivity contribution < 1.29 is 5.11 Å². The smallest absolute Gasteiger partial charge is 0.0681 e. The first-order valence-electron chi connectivity index (χ1n) is 5.45. The molecule has 0 radical (unpaired) electrons. The molecule has 2 nitrogen and oxygen atoms in total. The quantitative estimate of drug-likeness (QED) is 0.643. The molecular formula is C14H15NOS. The van der Waals surface area contributed by atoms with E-state index in [9.17, 15) is 0 Å². The number of aliphatic hydroxyl groups is 1. The zero-order valence-electron chi connectivity index (χ0n) is 9.47. The Kier molecular flexibility index (Phi) is 4.07. The molecule has 3 N–H and O–H groups in total. The van der Waals surface area contributed by atoms with E-state index in [1.54, 1.807) is 11.8 Å². The van der Waals surface area contributed by atoms with Gasteiger partial charge in [-0.3, -0.25) is 0 Å². The summed E-state index contributed by atoms with van der Waals surface area (Å²) in [6.07, 6.45) is 0. The lowest BCUT2D eigenvalue weighted by atomic mass is 10.2. The Morgan fingerprint density at radius 2 is 1.59 bits per heavy atom. The number of anilines is 1. The molecule has 0 saturated heterocycles. The molecule has 0 fully saturated rings. The number of nitrogen functional groups attached to an aromatic ring is 1. The number of hydrogen-bond donors (Lipinski definition) is 2. The third-order valence-electron chi connectivity index (χ3n) is 2.52. The molecule has 0 aliphatic rings. The molecular weight excluding hydrogens is 230 g/mol. The van der Waals surface area contributed by atoms with Crippen LogP contribution in [0.15, 0.2) is 53.4 Å². The first kappa shape index (κ1) is 12.0. The molecule has 0 unspecified atom stereocenters. The zero-order chi connectivity index (χ0) is 12.1. The van der Waals surface area contributed by atoms with E-state index in [0.29, 0.717) is 0 Å². The van der Waals surface area contributed by atoms with Crippen LogP contribution in [0.2, 0.25) is 0 Å². The molecule has 2 aromatic rings. The van der Waals surface area contributed by atoms with Crippen molar-refractivity contribution in [2.75, 3.05) is 5.73 Å². The maximum Gasteiger partial charge on any atom is 0.0681 e. The Bertz CT molecular complexity index is 482. The second-order valence-electron chi connectivity index (χ2n) is 3.80. The molecule has 2 aromatic carbocycles. The van der Waals surface area contributed by atoms with Crippen LogP contribution in [0.25, 0.3) is 0 Å². The summed E-state index contributed by atoms with van der Waals surface area (Å²) in [6, 6.07) is 15.9. The van der Waals surface area contributed by atoms with Gasteiger partial charge in [0.15, 0.2) is 0 Å². The third-order valence-corrected chi connectivity index (χ3v) is 3.68. The van der Waals surface area contributed by atoms with E-state index < -0.39 is 0 Å². The number of aliphatic hydroxyl groups excluding tert-OH is 1. The molecule has 0 heterocycles. The number of rotatable bonds is 4. The SMILES string of the molecule is Nc1ccccc1SCc1ccc(CO)cc1. The maximum absolute atomic E-state index is 8.95. The van der Waals surface area contributed by atoms with E-state index in [4.69, 9.17) is 10.8 Å². The second-order valence-corrected chi connectivity index (χ2v) is 4.82. The predicted molar refractivity (Wildman–Crippen MR) is 72.8 cm³/mol. The van der Waals surface area contributed by atoms with Crippen LogP contribution in [-0.2, 0) is 12.4 Å². The van der Waals surface area contributed by atoms with Gasteiger partial charge < -0.3 is 10.8 Å².